The second-order valence-electron chi connectivity index (χ2n) is 10.7. The van der Waals surface area contributed by atoms with Crippen LogP contribution >= 0.6 is 0 Å². The normalized spacial score (nSPS) is 28.8. The largest absolute Gasteiger partial charge is 0.498 e. The molecule has 0 aliphatic carbocycles. The molecule has 0 bridgehead atoms. The smallest absolute Gasteiger partial charge is 0.333 e. The third-order valence-corrected chi connectivity index (χ3v) is 6.55. The van der Waals surface area contributed by atoms with Crippen LogP contribution in [0.2, 0.25) is 0 Å². The van der Waals surface area contributed by atoms with E-state index in [2.05, 4.69) is 4.74 Å². The summed E-state index contributed by atoms with van der Waals surface area (Å²) in [5.41, 5.74) is 0. The molecule has 280 valence electrons. The van der Waals surface area contributed by atoms with Gasteiger partial charge in [0.05, 0.1) is 19.4 Å². The van der Waals surface area contributed by atoms with Crippen molar-refractivity contribution in [2.45, 2.75) is 103 Å². The summed E-state index contributed by atoms with van der Waals surface area (Å²) in [5.74, 6) is -9.57. The molecule has 0 radical (unpaired) electrons. The van der Waals surface area contributed by atoms with Gasteiger partial charge < -0.3 is 56.8 Å². The van der Waals surface area contributed by atoms with E-state index in [1.54, 1.807) is 0 Å². The van der Waals surface area contributed by atoms with Crippen LogP contribution < -0.4 is 0 Å². The molecule has 2 aliphatic rings. The predicted molar refractivity (Wildman–Crippen MR) is 155 cm³/mol. The van der Waals surface area contributed by atoms with Crippen LogP contribution in [0.3, 0.4) is 0 Å². The molecular formula is C30H40O20. The molecule has 2 rings (SSSR count). The first kappa shape index (κ1) is 41.4. The van der Waals surface area contributed by atoms with Gasteiger partial charge in [0.25, 0.3) is 0 Å². The van der Waals surface area contributed by atoms with Crippen molar-refractivity contribution < 1.29 is 95.2 Å². The van der Waals surface area contributed by atoms with Gasteiger partial charge in [-0.2, -0.15) is 0 Å². The lowest BCUT2D eigenvalue weighted by atomic mass is 9.97. The highest BCUT2D eigenvalue weighted by Gasteiger charge is 2.64. The number of hydrogen-bond acceptors (Lipinski definition) is 20. The van der Waals surface area contributed by atoms with Gasteiger partial charge in [-0.15, -0.1) is 0 Å². The van der Waals surface area contributed by atoms with E-state index >= 15 is 0 Å². The minimum Gasteiger partial charge on any atom is -0.498 e. The fourth-order valence-electron chi connectivity index (χ4n) is 4.88. The lowest BCUT2D eigenvalue weighted by molar-refractivity contribution is -0.384. The zero-order valence-electron chi connectivity index (χ0n) is 28.6. The molecule has 2 aliphatic heterocycles. The summed E-state index contributed by atoms with van der Waals surface area (Å²) in [6.45, 7) is 5.12. The number of esters is 8. The standard InChI is InChI=1S/C30H40O20/c1-14(31)41-12-21-24(43-16(3)33)26(45-18(5)35)27(46-19(6)36)29(48-21)50-30(13-42-15(2)32)28(47-20(7)37)25(44-17(4)34)22(49-30)11-40-10-9-23(38)39-8/h9-10,21-22,24-29H,11-13H2,1-8H3/b10-9+/t21-,22-,24-,25-,26+,27-,28+,29-,30+/m1/s1. The van der Waals surface area contributed by atoms with E-state index in [-0.39, 0.29) is 0 Å². The van der Waals surface area contributed by atoms with Gasteiger partial charge >= 0.3 is 47.8 Å². The fourth-order valence-corrected chi connectivity index (χ4v) is 4.88. The molecule has 20 nitrogen and oxygen atoms in total. The molecule has 0 spiro atoms. The van der Waals surface area contributed by atoms with Crippen LogP contribution in [0, 0.1) is 0 Å². The molecule has 0 aromatic heterocycles. The second-order valence-corrected chi connectivity index (χ2v) is 10.7. The number of hydrogen-bond donors (Lipinski definition) is 0. The van der Waals surface area contributed by atoms with Crippen LogP contribution in [0.15, 0.2) is 12.3 Å². The van der Waals surface area contributed by atoms with E-state index < -0.39 is 122 Å². The topological polar surface area (TPSA) is 247 Å². The zero-order chi connectivity index (χ0) is 37.8. The third-order valence-electron chi connectivity index (χ3n) is 6.55. The molecule has 0 aromatic rings. The Morgan fingerprint density at radius 1 is 0.600 bits per heavy atom. The first-order chi connectivity index (χ1) is 23.4. The lowest BCUT2D eigenvalue weighted by Crippen LogP contribution is -2.65. The Balaban J connectivity index is 2.77. The summed E-state index contributed by atoms with van der Waals surface area (Å²) in [4.78, 5) is 96.8. The Labute approximate surface area is 285 Å². The van der Waals surface area contributed by atoms with Gasteiger partial charge in [0.2, 0.25) is 12.1 Å². The second kappa shape index (κ2) is 18.8. The highest BCUT2D eigenvalue weighted by molar-refractivity contribution is 5.81. The van der Waals surface area contributed by atoms with E-state index in [1.807, 2.05) is 0 Å². The van der Waals surface area contributed by atoms with Gasteiger partial charge in [-0.1, -0.05) is 0 Å². The lowest BCUT2D eigenvalue weighted by Gasteiger charge is -2.46. The van der Waals surface area contributed by atoms with Crippen molar-refractivity contribution in [1.29, 1.82) is 0 Å². The number of rotatable bonds is 15. The average Bonchev–Trinajstić information content (AvgIpc) is 3.25. The number of carbonyl (C=O) groups excluding carboxylic acids is 8. The van der Waals surface area contributed by atoms with Crippen molar-refractivity contribution in [2.75, 3.05) is 26.9 Å². The highest BCUT2D eigenvalue weighted by atomic mass is 16.8. The monoisotopic (exact) mass is 720 g/mol. The van der Waals surface area contributed by atoms with Gasteiger partial charge in [0.15, 0.2) is 30.5 Å². The van der Waals surface area contributed by atoms with Crippen LogP contribution in [0.1, 0.15) is 48.5 Å². The Hall–Kier alpha value is -4.82. The van der Waals surface area contributed by atoms with Crippen molar-refractivity contribution >= 4 is 47.8 Å². The van der Waals surface area contributed by atoms with Crippen LogP contribution in [0.5, 0.6) is 0 Å². The average molecular weight is 721 g/mol. The molecule has 2 fully saturated rings. The highest BCUT2D eigenvalue weighted by Crippen LogP contribution is 2.41. The predicted octanol–water partition coefficient (Wildman–Crippen LogP) is -0.689. The summed E-state index contributed by atoms with van der Waals surface area (Å²) in [7, 11) is 1.13. The summed E-state index contributed by atoms with van der Waals surface area (Å²) in [6, 6.07) is 0. The number of carbonyl (C=O) groups is 8. The Kier molecular flexibility index (Phi) is 15.6. The van der Waals surface area contributed by atoms with Gasteiger partial charge in [-0.05, 0) is 0 Å². The van der Waals surface area contributed by atoms with Crippen molar-refractivity contribution in [1.82, 2.24) is 0 Å². The molecular weight excluding hydrogens is 680 g/mol. The molecule has 0 aromatic carbocycles. The zero-order valence-corrected chi connectivity index (χ0v) is 28.6. The van der Waals surface area contributed by atoms with Crippen molar-refractivity contribution in [2.24, 2.45) is 0 Å². The van der Waals surface area contributed by atoms with Crippen LogP contribution in [0.4, 0.5) is 0 Å². The first-order valence-electron chi connectivity index (χ1n) is 14.9. The third kappa shape index (κ3) is 12.3. The van der Waals surface area contributed by atoms with Crippen LogP contribution in [-0.2, 0) is 95.2 Å². The van der Waals surface area contributed by atoms with Crippen molar-refractivity contribution in [3.8, 4) is 0 Å². The Bertz CT molecular complexity index is 1310. The summed E-state index contributed by atoms with van der Waals surface area (Å²) in [5, 5.41) is 0. The van der Waals surface area contributed by atoms with E-state index in [1.165, 1.54) is 0 Å². The molecule has 0 amide bonds. The summed E-state index contributed by atoms with van der Waals surface area (Å²) >= 11 is 0. The SMILES string of the molecule is COC(=O)/C=C/OC[C@H]1O[C@@](COC(C)=O)(O[C@H]2O[C@H](COC(C)=O)[C@@H](OC(C)=O)[C@H](OC(C)=O)[C@H]2OC(C)=O)[C@@H](OC(C)=O)[C@@H]1OC(C)=O. The fraction of sp³-hybridized carbons (Fsp3) is 0.667. The van der Waals surface area contributed by atoms with E-state index in [0.29, 0.717) is 0 Å². The molecule has 9 atom stereocenters. The molecule has 0 N–H and O–H groups in total. The molecule has 50 heavy (non-hydrogen) atoms. The van der Waals surface area contributed by atoms with Crippen molar-refractivity contribution in [3.63, 3.8) is 0 Å². The van der Waals surface area contributed by atoms with E-state index in [4.69, 9.17) is 52.1 Å². The van der Waals surface area contributed by atoms with Gasteiger partial charge in [-0.3, -0.25) is 33.6 Å². The van der Waals surface area contributed by atoms with Crippen LogP contribution in [0.25, 0.3) is 0 Å². The molecule has 2 saturated heterocycles. The molecule has 20 heteroatoms. The summed E-state index contributed by atoms with van der Waals surface area (Å²) < 4.78 is 65.7. The van der Waals surface area contributed by atoms with Gasteiger partial charge in [-0.25, -0.2) is 4.79 Å². The van der Waals surface area contributed by atoms with Gasteiger partial charge in [0, 0.05) is 48.5 Å². The maximum absolute atomic E-state index is 12.4. The van der Waals surface area contributed by atoms with Crippen LogP contribution in [-0.4, -0.2) is 129 Å². The van der Waals surface area contributed by atoms with Crippen molar-refractivity contribution in [3.05, 3.63) is 12.3 Å². The summed E-state index contributed by atoms with van der Waals surface area (Å²) in [6.07, 6.45) is -11.3. The Morgan fingerprint density at radius 2 is 1.12 bits per heavy atom. The molecule has 2 heterocycles. The number of methoxy groups -OCH3 is 1. The van der Waals surface area contributed by atoms with E-state index in [0.717, 1.165) is 67.9 Å². The first-order valence-corrected chi connectivity index (χ1v) is 14.9. The molecule has 0 unspecified atom stereocenters. The number of ether oxygens (including phenoxy) is 12. The quantitative estimate of drug-likeness (QED) is 0.0879. The minimum atomic E-state index is -2.48. The minimum absolute atomic E-state index is 0.507. The maximum Gasteiger partial charge on any atom is 0.333 e. The molecule has 0 saturated carbocycles. The Morgan fingerprint density at radius 3 is 1.64 bits per heavy atom. The maximum atomic E-state index is 12.4. The van der Waals surface area contributed by atoms with E-state index in [9.17, 15) is 38.4 Å². The van der Waals surface area contributed by atoms with Gasteiger partial charge in [0.1, 0.15) is 32.0 Å².